The minimum atomic E-state index is 0.584. The topological polar surface area (TPSA) is 0 Å². The molecular formula is C14H22. The van der Waals surface area contributed by atoms with Crippen molar-refractivity contribution in [3.63, 3.8) is 0 Å². The van der Waals surface area contributed by atoms with Crippen LogP contribution in [0.25, 0.3) is 0 Å². The zero-order chi connectivity index (χ0) is 10.2. The SMILES string of the molecule is CC1=CCCC=CC2C(CC1)C2(C)C. The Hall–Kier alpha value is -0.520. The van der Waals surface area contributed by atoms with E-state index < -0.39 is 0 Å². The van der Waals surface area contributed by atoms with Crippen LogP contribution in [0.4, 0.5) is 0 Å². The Morgan fingerprint density at radius 1 is 1.29 bits per heavy atom. The summed E-state index contributed by atoms with van der Waals surface area (Å²) in [5, 5.41) is 0. The van der Waals surface area contributed by atoms with Gasteiger partial charge in [0, 0.05) is 0 Å². The van der Waals surface area contributed by atoms with Crippen LogP contribution in [0.15, 0.2) is 23.8 Å². The lowest BCUT2D eigenvalue weighted by Crippen LogP contribution is -1.90. The average molecular weight is 190 g/mol. The monoisotopic (exact) mass is 190 g/mol. The van der Waals surface area contributed by atoms with E-state index >= 15 is 0 Å². The van der Waals surface area contributed by atoms with E-state index in [0.29, 0.717) is 5.41 Å². The summed E-state index contributed by atoms with van der Waals surface area (Å²) in [6.45, 7) is 7.13. The summed E-state index contributed by atoms with van der Waals surface area (Å²) < 4.78 is 0. The van der Waals surface area contributed by atoms with Gasteiger partial charge < -0.3 is 0 Å². The van der Waals surface area contributed by atoms with Crippen LogP contribution in [0.2, 0.25) is 0 Å². The average Bonchev–Trinajstić information content (AvgIpc) is 2.65. The summed E-state index contributed by atoms with van der Waals surface area (Å²) in [5.41, 5.74) is 2.18. The predicted octanol–water partition coefficient (Wildman–Crippen LogP) is 4.34. The summed E-state index contributed by atoms with van der Waals surface area (Å²) >= 11 is 0. The van der Waals surface area contributed by atoms with E-state index in [1.54, 1.807) is 5.57 Å². The number of fused-ring (bicyclic) bond motifs is 1. The zero-order valence-electron chi connectivity index (χ0n) is 9.72. The largest absolute Gasteiger partial charge is 0.0879 e. The normalized spacial score (nSPS) is 35.8. The first-order chi connectivity index (χ1) is 6.62. The molecular weight excluding hydrogens is 168 g/mol. The number of hydrogen-bond donors (Lipinski definition) is 0. The first kappa shape index (κ1) is 10.0. The van der Waals surface area contributed by atoms with E-state index in [2.05, 4.69) is 39.0 Å². The Morgan fingerprint density at radius 2 is 2.07 bits per heavy atom. The lowest BCUT2D eigenvalue weighted by atomic mass is 10.0. The quantitative estimate of drug-likeness (QED) is 0.499. The third-order valence-corrected chi connectivity index (χ3v) is 4.16. The Labute approximate surface area is 88.1 Å². The first-order valence-electron chi connectivity index (χ1n) is 5.94. The van der Waals surface area contributed by atoms with Crippen molar-refractivity contribution < 1.29 is 0 Å². The molecule has 0 N–H and O–H groups in total. The second-order valence-electron chi connectivity index (χ2n) is 5.55. The molecule has 0 nitrogen and oxygen atoms in total. The molecule has 78 valence electrons. The van der Waals surface area contributed by atoms with E-state index in [1.165, 1.54) is 25.7 Å². The number of allylic oxidation sites excluding steroid dienone is 4. The van der Waals surface area contributed by atoms with Crippen molar-refractivity contribution in [1.82, 2.24) is 0 Å². The summed E-state index contributed by atoms with van der Waals surface area (Å²) in [6, 6.07) is 0. The minimum Gasteiger partial charge on any atom is -0.0879 e. The van der Waals surface area contributed by atoms with Crippen LogP contribution in [0.5, 0.6) is 0 Å². The third-order valence-electron chi connectivity index (χ3n) is 4.16. The van der Waals surface area contributed by atoms with Crippen molar-refractivity contribution in [1.29, 1.82) is 0 Å². The standard InChI is InChI=1S/C14H22/c1-11-7-5-4-6-8-12-13(10-9-11)14(12,2)3/h6-8,12-13H,4-5,9-10H2,1-3H3. The maximum atomic E-state index is 2.47. The molecule has 2 atom stereocenters. The molecule has 2 aliphatic rings. The summed E-state index contributed by atoms with van der Waals surface area (Å²) in [7, 11) is 0. The molecule has 0 aromatic carbocycles. The van der Waals surface area contributed by atoms with Crippen LogP contribution in [-0.4, -0.2) is 0 Å². The van der Waals surface area contributed by atoms with Crippen molar-refractivity contribution in [2.45, 2.75) is 46.5 Å². The van der Waals surface area contributed by atoms with Crippen molar-refractivity contribution in [2.24, 2.45) is 17.3 Å². The predicted molar refractivity (Wildman–Crippen MR) is 62.1 cm³/mol. The van der Waals surface area contributed by atoms with Gasteiger partial charge in [0.2, 0.25) is 0 Å². The van der Waals surface area contributed by atoms with E-state index in [9.17, 15) is 0 Å². The van der Waals surface area contributed by atoms with Crippen LogP contribution in [-0.2, 0) is 0 Å². The van der Waals surface area contributed by atoms with Gasteiger partial charge in [0.1, 0.15) is 0 Å². The van der Waals surface area contributed by atoms with Gasteiger partial charge in [-0.3, -0.25) is 0 Å². The number of rotatable bonds is 0. The highest BCUT2D eigenvalue weighted by Crippen LogP contribution is 2.61. The molecule has 0 aromatic rings. The Morgan fingerprint density at radius 3 is 2.86 bits per heavy atom. The molecule has 2 aliphatic carbocycles. The van der Waals surface area contributed by atoms with Crippen LogP contribution in [0.1, 0.15) is 46.5 Å². The van der Waals surface area contributed by atoms with Gasteiger partial charge in [-0.1, -0.05) is 37.6 Å². The van der Waals surface area contributed by atoms with E-state index in [-0.39, 0.29) is 0 Å². The molecule has 0 aromatic heterocycles. The molecule has 0 radical (unpaired) electrons. The van der Waals surface area contributed by atoms with Crippen LogP contribution < -0.4 is 0 Å². The minimum absolute atomic E-state index is 0.584. The molecule has 14 heavy (non-hydrogen) atoms. The lowest BCUT2D eigenvalue weighted by molar-refractivity contribution is 0.528. The summed E-state index contributed by atoms with van der Waals surface area (Å²) in [5.74, 6) is 1.81. The lowest BCUT2D eigenvalue weighted by Gasteiger charge is -2.03. The highest BCUT2D eigenvalue weighted by atomic mass is 14.6. The fraction of sp³-hybridized carbons (Fsp3) is 0.714. The molecule has 2 rings (SSSR count). The van der Waals surface area contributed by atoms with E-state index in [0.717, 1.165) is 11.8 Å². The van der Waals surface area contributed by atoms with Gasteiger partial charge in [0.05, 0.1) is 0 Å². The molecule has 0 saturated heterocycles. The highest BCUT2D eigenvalue weighted by Gasteiger charge is 2.54. The van der Waals surface area contributed by atoms with Crippen LogP contribution in [0.3, 0.4) is 0 Å². The van der Waals surface area contributed by atoms with Gasteiger partial charge in [-0.25, -0.2) is 0 Å². The Bertz CT molecular complexity index is 268. The van der Waals surface area contributed by atoms with Crippen molar-refractivity contribution in [3.05, 3.63) is 23.8 Å². The fourth-order valence-corrected chi connectivity index (χ4v) is 2.87. The Kier molecular flexibility index (Phi) is 2.55. The molecule has 0 heterocycles. The van der Waals surface area contributed by atoms with Gasteiger partial charge in [-0.15, -0.1) is 0 Å². The molecule has 1 fully saturated rings. The summed E-state index contributed by atoms with van der Waals surface area (Å²) in [6.07, 6.45) is 12.5. The molecule has 0 heteroatoms. The third kappa shape index (κ3) is 1.80. The van der Waals surface area contributed by atoms with Gasteiger partial charge in [0.15, 0.2) is 0 Å². The molecule has 0 amide bonds. The van der Waals surface area contributed by atoms with Crippen molar-refractivity contribution >= 4 is 0 Å². The zero-order valence-corrected chi connectivity index (χ0v) is 9.72. The molecule has 0 aliphatic heterocycles. The van der Waals surface area contributed by atoms with Gasteiger partial charge in [-0.2, -0.15) is 0 Å². The smallest absolute Gasteiger partial charge is 0.0145 e. The van der Waals surface area contributed by atoms with Crippen molar-refractivity contribution in [3.8, 4) is 0 Å². The Balaban J connectivity index is 2.06. The van der Waals surface area contributed by atoms with Crippen LogP contribution >= 0.6 is 0 Å². The van der Waals surface area contributed by atoms with Gasteiger partial charge >= 0.3 is 0 Å². The fourth-order valence-electron chi connectivity index (χ4n) is 2.87. The molecule has 0 bridgehead atoms. The van der Waals surface area contributed by atoms with Gasteiger partial charge in [0.25, 0.3) is 0 Å². The molecule has 2 unspecified atom stereocenters. The van der Waals surface area contributed by atoms with Gasteiger partial charge in [-0.05, 0) is 49.9 Å². The molecule has 0 spiro atoms. The van der Waals surface area contributed by atoms with Crippen LogP contribution in [0, 0.1) is 17.3 Å². The second-order valence-corrected chi connectivity index (χ2v) is 5.55. The number of hydrogen-bond acceptors (Lipinski definition) is 0. The summed E-state index contributed by atoms with van der Waals surface area (Å²) in [4.78, 5) is 0. The second kappa shape index (κ2) is 3.56. The van der Waals surface area contributed by atoms with Crippen molar-refractivity contribution in [2.75, 3.05) is 0 Å². The van der Waals surface area contributed by atoms with E-state index in [4.69, 9.17) is 0 Å². The maximum Gasteiger partial charge on any atom is -0.0145 e. The first-order valence-corrected chi connectivity index (χ1v) is 5.94. The van der Waals surface area contributed by atoms with E-state index in [1.807, 2.05) is 0 Å². The highest BCUT2D eigenvalue weighted by molar-refractivity contribution is 5.16. The maximum absolute atomic E-state index is 2.47. The molecule has 1 saturated carbocycles.